The van der Waals surface area contributed by atoms with E-state index >= 15 is 0 Å². The number of nitro groups is 1. The minimum absolute atomic E-state index is 0.00288. The third kappa shape index (κ3) is 5.04. The van der Waals surface area contributed by atoms with Crippen LogP contribution in [0.1, 0.15) is 42.7 Å². The number of aryl methyl sites for hydroxylation is 2. The normalized spacial score (nSPS) is 18.9. The molecule has 180 valence electrons. The summed E-state index contributed by atoms with van der Waals surface area (Å²) in [6, 6.07) is 4.33. The van der Waals surface area contributed by atoms with Crippen LogP contribution in [0.4, 0.5) is 11.4 Å². The van der Waals surface area contributed by atoms with Crippen molar-refractivity contribution in [3.8, 4) is 0 Å². The van der Waals surface area contributed by atoms with Gasteiger partial charge in [-0.25, -0.2) is 8.42 Å². The lowest BCUT2D eigenvalue weighted by atomic mass is 10.1. The summed E-state index contributed by atoms with van der Waals surface area (Å²) in [5.41, 5.74) is 2.26. The Labute approximate surface area is 194 Å². The minimum atomic E-state index is -3.75. The summed E-state index contributed by atoms with van der Waals surface area (Å²) >= 11 is 0. The number of nitrogens with zero attached hydrogens (tertiary/aromatic N) is 5. The van der Waals surface area contributed by atoms with Crippen molar-refractivity contribution in [2.75, 3.05) is 44.2 Å². The van der Waals surface area contributed by atoms with Gasteiger partial charge in [0.2, 0.25) is 10.0 Å². The van der Waals surface area contributed by atoms with E-state index in [-0.39, 0.29) is 10.6 Å². The molecule has 33 heavy (non-hydrogen) atoms. The molecule has 0 radical (unpaired) electrons. The molecule has 2 aliphatic heterocycles. The van der Waals surface area contributed by atoms with Crippen molar-refractivity contribution in [2.24, 2.45) is 0 Å². The van der Waals surface area contributed by atoms with Gasteiger partial charge in [0.1, 0.15) is 11.4 Å². The molecule has 0 amide bonds. The fourth-order valence-electron chi connectivity index (χ4n) is 4.61. The van der Waals surface area contributed by atoms with Crippen molar-refractivity contribution in [1.82, 2.24) is 14.4 Å². The monoisotopic (exact) mass is 477 g/mol. The Hall–Kier alpha value is -2.50. The number of benzene rings is 1. The predicted octanol–water partition coefficient (Wildman–Crippen LogP) is 3.09. The number of hydrogen-bond donors (Lipinski definition) is 0. The van der Waals surface area contributed by atoms with Crippen molar-refractivity contribution < 1.29 is 17.9 Å². The second-order valence-electron chi connectivity index (χ2n) is 8.79. The smallest absolute Gasteiger partial charge is 0.293 e. The molecular weight excluding hydrogens is 446 g/mol. The Balaban J connectivity index is 1.50. The molecule has 0 N–H and O–H groups in total. The third-order valence-electron chi connectivity index (χ3n) is 6.62. The molecule has 0 atom stereocenters. The second kappa shape index (κ2) is 9.78. The maximum Gasteiger partial charge on any atom is 0.293 e. The van der Waals surface area contributed by atoms with Crippen LogP contribution in [0.2, 0.25) is 0 Å². The lowest BCUT2D eigenvalue weighted by Gasteiger charge is -2.35. The molecule has 2 aliphatic rings. The molecule has 2 saturated heterocycles. The molecule has 1 aromatic heterocycles. The van der Waals surface area contributed by atoms with Crippen LogP contribution >= 0.6 is 0 Å². The zero-order valence-electron chi connectivity index (χ0n) is 19.2. The zero-order valence-corrected chi connectivity index (χ0v) is 20.0. The van der Waals surface area contributed by atoms with Crippen LogP contribution in [-0.2, 0) is 16.6 Å². The molecule has 0 spiro atoms. The van der Waals surface area contributed by atoms with E-state index in [0.717, 1.165) is 62.3 Å². The first-order valence-electron chi connectivity index (χ1n) is 11.4. The van der Waals surface area contributed by atoms with Crippen LogP contribution in [0.15, 0.2) is 27.6 Å². The van der Waals surface area contributed by atoms with Crippen molar-refractivity contribution in [3.63, 3.8) is 0 Å². The molecule has 3 heterocycles. The molecule has 0 bridgehead atoms. The fraction of sp³-hybridized carbons (Fsp3) is 0.591. The van der Waals surface area contributed by atoms with Gasteiger partial charge in [-0.2, -0.15) is 4.31 Å². The number of anilines is 1. The highest BCUT2D eigenvalue weighted by Gasteiger charge is 2.30. The van der Waals surface area contributed by atoms with E-state index in [2.05, 4.69) is 10.1 Å². The van der Waals surface area contributed by atoms with Crippen LogP contribution in [0.5, 0.6) is 0 Å². The number of hydrogen-bond acceptors (Lipinski definition) is 8. The Bertz CT molecular complexity index is 1080. The molecular formula is C22H31N5O5S. The van der Waals surface area contributed by atoms with Crippen LogP contribution in [-0.4, -0.2) is 67.0 Å². The summed E-state index contributed by atoms with van der Waals surface area (Å²) in [6.07, 6.45) is 3.65. The molecule has 4 rings (SSSR count). The molecule has 0 aliphatic carbocycles. The first kappa shape index (κ1) is 23.7. The number of piperazine rings is 1. The summed E-state index contributed by atoms with van der Waals surface area (Å²) < 4.78 is 33.0. The average Bonchev–Trinajstić information content (AvgIpc) is 3.01. The summed E-state index contributed by atoms with van der Waals surface area (Å²) in [5, 5.41) is 15.9. The topological polar surface area (TPSA) is 113 Å². The van der Waals surface area contributed by atoms with Gasteiger partial charge >= 0.3 is 0 Å². The van der Waals surface area contributed by atoms with Crippen molar-refractivity contribution in [1.29, 1.82) is 0 Å². The average molecular weight is 478 g/mol. The number of aromatic nitrogens is 1. The van der Waals surface area contributed by atoms with Crippen molar-refractivity contribution in [3.05, 3.63) is 45.3 Å². The summed E-state index contributed by atoms with van der Waals surface area (Å²) in [4.78, 5) is 15.6. The quantitative estimate of drug-likeness (QED) is 0.461. The predicted molar refractivity (Wildman–Crippen MR) is 124 cm³/mol. The van der Waals surface area contributed by atoms with Crippen LogP contribution in [0.25, 0.3) is 0 Å². The Morgan fingerprint density at radius 1 is 1.03 bits per heavy atom. The van der Waals surface area contributed by atoms with Gasteiger partial charge in [0.25, 0.3) is 5.69 Å². The lowest BCUT2D eigenvalue weighted by Crippen LogP contribution is -2.46. The largest absolute Gasteiger partial charge is 0.363 e. The standard InChI is InChI=1S/C22H31N5O5S/c1-17-20(18(2)32-23-17)16-24-11-13-25(14-12-24)21-8-7-19(15-22(21)27(28)29)33(30,31)26-9-5-3-4-6-10-26/h7-8,15H,3-6,9-14,16H2,1-2H3. The van der Waals surface area contributed by atoms with E-state index in [1.807, 2.05) is 18.7 Å². The van der Waals surface area contributed by atoms with Gasteiger partial charge in [0.05, 0.1) is 15.5 Å². The van der Waals surface area contributed by atoms with Gasteiger partial charge in [-0.3, -0.25) is 15.0 Å². The van der Waals surface area contributed by atoms with Crippen molar-refractivity contribution in [2.45, 2.75) is 51.0 Å². The number of rotatable bonds is 6. The first-order valence-corrected chi connectivity index (χ1v) is 12.9. The van der Waals surface area contributed by atoms with Gasteiger partial charge in [-0.15, -0.1) is 0 Å². The minimum Gasteiger partial charge on any atom is -0.363 e. The Morgan fingerprint density at radius 3 is 2.27 bits per heavy atom. The van der Waals surface area contributed by atoms with Gasteiger partial charge in [0, 0.05) is 57.4 Å². The first-order chi connectivity index (χ1) is 15.8. The van der Waals surface area contributed by atoms with E-state index in [1.165, 1.54) is 16.4 Å². The summed E-state index contributed by atoms with van der Waals surface area (Å²) in [6.45, 7) is 8.16. The maximum atomic E-state index is 13.1. The van der Waals surface area contributed by atoms with E-state index in [9.17, 15) is 18.5 Å². The van der Waals surface area contributed by atoms with E-state index in [4.69, 9.17) is 4.52 Å². The van der Waals surface area contributed by atoms with Gasteiger partial charge in [-0.1, -0.05) is 18.0 Å². The molecule has 10 nitrogen and oxygen atoms in total. The SMILES string of the molecule is Cc1noc(C)c1CN1CCN(c2ccc(S(=O)(=O)N3CCCCCC3)cc2[N+](=O)[O-])CC1. The zero-order chi connectivity index (χ0) is 23.6. The van der Waals surface area contributed by atoms with Crippen LogP contribution in [0.3, 0.4) is 0 Å². The summed E-state index contributed by atoms with van der Waals surface area (Å²) in [5.74, 6) is 0.812. The highest BCUT2D eigenvalue weighted by molar-refractivity contribution is 7.89. The van der Waals surface area contributed by atoms with Gasteiger partial charge in [0.15, 0.2) is 0 Å². The molecule has 0 saturated carbocycles. The number of sulfonamides is 1. The van der Waals surface area contributed by atoms with Gasteiger partial charge < -0.3 is 9.42 Å². The number of nitro benzene ring substituents is 1. The van der Waals surface area contributed by atoms with Crippen LogP contribution < -0.4 is 4.90 Å². The molecule has 1 aromatic carbocycles. The van der Waals surface area contributed by atoms with Gasteiger partial charge in [-0.05, 0) is 38.8 Å². The highest BCUT2D eigenvalue weighted by Crippen LogP contribution is 2.33. The summed E-state index contributed by atoms with van der Waals surface area (Å²) in [7, 11) is -3.75. The molecule has 2 fully saturated rings. The molecule has 11 heteroatoms. The fourth-order valence-corrected chi connectivity index (χ4v) is 6.14. The van der Waals surface area contributed by atoms with Crippen LogP contribution in [0, 0.1) is 24.0 Å². The molecule has 0 unspecified atom stereocenters. The Morgan fingerprint density at radius 2 is 1.70 bits per heavy atom. The maximum absolute atomic E-state index is 13.1. The lowest BCUT2D eigenvalue weighted by molar-refractivity contribution is -0.384. The second-order valence-corrected chi connectivity index (χ2v) is 10.7. The third-order valence-corrected chi connectivity index (χ3v) is 8.52. The Kier molecular flexibility index (Phi) is 7.01. The highest BCUT2D eigenvalue weighted by atomic mass is 32.2. The van der Waals surface area contributed by atoms with E-state index < -0.39 is 14.9 Å². The van der Waals surface area contributed by atoms with E-state index in [1.54, 1.807) is 6.07 Å². The van der Waals surface area contributed by atoms with Crippen molar-refractivity contribution >= 4 is 21.4 Å². The van der Waals surface area contributed by atoms with E-state index in [0.29, 0.717) is 31.9 Å². The molecule has 2 aromatic rings.